The third-order valence-corrected chi connectivity index (χ3v) is 3.74. The lowest BCUT2D eigenvalue weighted by atomic mass is 10.1. The number of hydrogen-bond acceptors (Lipinski definition) is 3. The van der Waals surface area contributed by atoms with Gasteiger partial charge in [0.2, 0.25) is 0 Å². The van der Waals surface area contributed by atoms with Crippen LogP contribution in [0.4, 0.5) is 0 Å². The molecule has 3 nitrogen and oxygen atoms in total. The van der Waals surface area contributed by atoms with Crippen molar-refractivity contribution in [2.45, 2.75) is 37.8 Å². The zero-order chi connectivity index (χ0) is 12.2. The molecular weight excluding hydrogens is 226 g/mol. The molecule has 1 N–H and O–H groups in total. The summed E-state index contributed by atoms with van der Waals surface area (Å²) >= 11 is 0. The highest BCUT2D eigenvalue weighted by Gasteiger charge is 2.18. The van der Waals surface area contributed by atoms with Crippen LogP contribution in [0, 0.1) is 0 Å². The fourth-order valence-electron chi connectivity index (χ4n) is 2.77. The summed E-state index contributed by atoms with van der Waals surface area (Å²) in [5.74, 6) is 0.983. The summed E-state index contributed by atoms with van der Waals surface area (Å²) in [7, 11) is 0. The summed E-state index contributed by atoms with van der Waals surface area (Å²) < 4.78 is 11.4. The number of benzene rings is 1. The first kappa shape index (κ1) is 12.0. The molecule has 1 aromatic carbocycles. The van der Waals surface area contributed by atoms with Crippen LogP contribution in [0.15, 0.2) is 24.3 Å². The van der Waals surface area contributed by atoms with Crippen LogP contribution in [0.2, 0.25) is 0 Å². The maximum Gasteiger partial charge on any atom is 0.122 e. The second kappa shape index (κ2) is 5.72. The van der Waals surface area contributed by atoms with Crippen molar-refractivity contribution < 1.29 is 9.47 Å². The van der Waals surface area contributed by atoms with E-state index in [2.05, 4.69) is 23.5 Å². The van der Waals surface area contributed by atoms with Gasteiger partial charge in [0.25, 0.3) is 0 Å². The summed E-state index contributed by atoms with van der Waals surface area (Å²) in [5, 5.41) is 3.52. The smallest absolute Gasteiger partial charge is 0.122 e. The monoisotopic (exact) mass is 247 g/mol. The molecule has 2 aliphatic heterocycles. The molecule has 0 aromatic heterocycles. The molecule has 0 saturated carbocycles. The van der Waals surface area contributed by atoms with Gasteiger partial charge in [-0.05, 0) is 49.9 Å². The van der Waals surface area contributed by atoms with E-state index in [-0.39, 0.29) is 6.10 Å². The topological polar surface area (TPSA) is 30.5 Å². The van der Waals surface area contributed by atoms with Crippen molar-refractivity contribution in [1.29, 1.82) is 0 Å². The summed E-state index contributed by atoms with van der Waals surface area (Å²) in [6, 6.07) is 9.02. The molecule has 2 unspecified atom stereocenters. The fraction of sp³-hybridized carbons (Fsp3) is 0.600. The summed E-state index contributed by atoms with van der Waals surface area (Å²) in [4.78, 5) is 0. The Morgan fingerprint density at radius 2 is 2.22 bits per heavy atom. The van der Waals surface area contributed by atoms with Gasteiger partial charge in [-0.1, -0.05) is 12.1 Å². The van der Waals surface area contributed by atoms with E-state index in [9.17, 15) is 0 Å². The van der Waals surface area contributed by atoms with Crippen molar-refractivity contribution in [2.24, 2.45) is 0 Å². The quantitative estimate of drug-likeness (QED) is 0.890. The SMILES string of the molecule is c1cc(OC2CCCOC2)cc(C2CCCN2)c1. The number of ether oxygens (including phenoxy) is 2. The van der Waals surface area contributed by atoms with Crippen molar-refractivity contribution in [3.05, 3.63) is 29.8 Å². The van der Waals surface area contributed by atoms with Crippen LogP contribution >= 0.6 is 0 Å². The lowest BCUT2D eigenvalue weighted by molar-refractivity contribution is 0.00739. The van der Waals surface area contributed by atoms with Crippen molar-refractivity contribution in [1.82, 2.24) is 5.32 Å². The molecular formula is C15H21NO2. The van der Waals surface area contributed by atoms with Gasteiger partial charge in [-0.15, -0.1) is 0 Å². The van der Waals surface area contributed by atoms with Crippen LogP contribution in [-0.2, 0) is 4.74 Å². The first-order chi connectivity index (χ1) is 8.92. The van der Waals surface area contributed by atoms with E-state index in [0.717, 1.165) is 38.3 Å². The van der Waals surface area contributed by atoms with E-state index in [1.165, 1.54) is 18.4 Å². The Balaban J connectivity index is 1.66. The van der Waals surface area contributed by atoms with Crippen LogP contribution < -0.4 is 10.1 Å². The third kappa shape index (κ3) is 2.85. The molecule has 0 spiro atoms. The van der Waals surface area contributed by atoms with Gasteiger partial charge in [0.05, 0.1) is 6.61 Å². The summed E-state index contributed by atoms with van der Waals surface area (Å²) in [6.45, 7) is 2.74. The molecule has 3 heteroatoms. The summed E-state index contributed by atoms with van der Waals surface area (Å²) in [6.07, 6.45) is 4.94. The Labute approximate surface area is 108 Å². The maximum atomic E-state index is 6.00. The molecule has 2 saturated heterocycles. The second-order valence-corrected chi connectivity index (χ2v) is 5.18. The van der Waals surface area contributed by atoms with Crippen LogP contribution in [0.25, 0.3) is 0 Å². The van der Waals surface area contributed by atoms with Crippen LogP contribution in [0.1, 0.15) is 37.3 Å². The molecule has 18 heavy (non-hydrogen) atoms. The van der Waals surface area contributed by atoms with E-state index in [1.54, 1.807) is 0 Å². The van der Waals surface area contributed by atoms with Gasteiger partial charge in [0, 0.05) is 12.6 Å². The highest BCUT2D eigenvalue weighted by atomic mass is 16.5. The molecule has 3 rings (SSSR count). The lowest BCUT2D eigenvalue weighted by Crippen LogP contribution is -2.28. The average molecular weight is 247 g/mol. The van der Waals surface area contributed by atoms with Gasteiger partial charge in [0.1, 0.15) is 11.9 Å². The Kier molecular flexibility index (Phi) is 3.81. The zero-order valence-corrected chi connectivity index (χ0v) is 10.7. The number of rotatable bonds is 3. The van der Waals surface area contributed by atoms with Crippen molar-refractivity contribution in [3.8, 4) is 5.75 Å². The molecule has 2 atom stereocenters. The molecule has 98 valence electrons. The predicted octanol–water partition coefficient (Wildman–Crippen LogP) is 2.67. The predicted molar refractivity (Wildman–Crippen MR) is 70.9 cm³/mol. The van der Waals surface area contributed by atoms with E-state index >= 15 is 0 Å². The minimum absolute atomic E-state index is 0.227. The van der Waals surface area contributed by atoms with E-state index in [0.29, 0.717) is 6.04 Å². The van der Waals surface area contributed by atoms with Crippen molar-refractivity contribution in [2.75, 3.05) is 19.8 Å². The first-order valence-electron chi connectivity index (χ1n) is 6.99. The Hall–Kier alpha value is -1.06. The molecule has 0 bridgehead atoms. The van der Waals surface area contributed by atoms with Crippen LogP contribution in [0.5, 0.6) is 5.75 Å². The van der Waals surface area contributed by atoms with E-state index in [4.69, 9.17) is 9.47 Å². The Bertz CT molecular complexity index is 382. The normalized spacial score (nSPS) is 28.2. The maximum absolute atomic E-state index is 6.00. The van der Waals surface area contributed by atoms with Crippen molar-refractivity contribution >= 4 is 0 Å². The minimum Gasteiger partial charge on any atom is -0.488 e. The van der Waals surface area contributed by atoms with Gasteiger partial charge in [-0.2, -0.15) is 0 Å². The minimum atomic E-state index is 0.227. The van der Waals surface area contributed by atoms with Gasteiger partial charge in [0.15, 0.2) is 0 Å². The highest BCUT2D eigenvalue weighted by molar-refractivity contribution is 5.31. The molecule has 0 aliphatic carbocycles. The highest BCUT2D eigenvalue weighted by Crippen LogP contribution is 2.26. The zero-order valence-electron chi connectivity index (χ0n) is 10.7. The standard InChI is InChI=1S/C15H21NO2/c1-4-12(15-7-2-8-16-15)10-13(5-1)18-14-6-3-9-17-11-14/h1,4-5,10,14-16H,2-3,6-9,11H2. The van der Waals surface area contributed by atoms with Crippen LogP contribution in [0.3, 0.4) is 0 Å². The Morgan fingerprint density at radius 1 is 1.22 bits per heavy atom. The van der Waals surface area contributed by atoms with E-state index < -0.39 is 0 Å². The third-order valence-electron chi connectivity index (χ3n) is 3.74. The van der Waals surface area contributed by atoms with Gasteiger partial charge in [-0.3, -0.25) is 0 Å². The average Bonchev–Trinajstić information content (AvgIpc) is 2.94. The number of nitrogens with one attached hydrogen (secondary N) is 1. The molecule has 2 heterocycles. The molecule has 0 amide bonds. The van der Waals surface area contributed by atoms with Gasteiger partial charge in [-0.25, -0.2) is 0 Å². The van der Waals surface area contributed by atoms with Crippen molar-refractivity contribution in [3.63, 3.8) is 0 Å². The molecule has 2 fully saturated rings. The molecule has 2 aliphatic rings. The second-order valence-electron chi connectivity index (χ2n) is 5.18. The molecule has 1 aromatic rings. The number of hydrogen-bond donors (Lipinski definition) is 1. The van der Waals surface area contributed by atoms with E-state index in [1.807, 2.05) is 6.07 Å². The fourth-order valence-corrected chi connectivity index (χ4v) is 2.77. The summed E-state index contributed by atoms with van der Waals surface area (Å²) in [5.41, 5.74) is 1.35. The van der Waals surface area contributed by atoms with Gasteiger partial charge < -0.3 is 14.8 Å². The first-order valence-corrected chi connectivity index (χ1v) is 6.99. The van der Waals surface area contributed by atoms with Gasteiger partial charge >= 0.3 is 0 Å². The van der Waals surface area contributed by atoms with Crippen LogP contribution in [-0.4, -0.2) is 25.9 Å². The lowest BCUT2D eigenvalue weighted by Gasteiger charge is -2.23. The largest absolute Gasteiger partial charge is 0.488 e. The molecule has 0 radical (unpaired) electrons. The Morgan fingerprint density at radius 3 is 3.00 bits per heavy atom.